The van der Waals surface area contributed by atoms with Crippen molar-refractivity contribution >= 4 is 17.9 Å². The van der Waals surface area contributed by atoms with Crippen LogP contribution in [0.5, 0.6) is 0 Å². The van der Waals surface area contributed by atoms with Gasteiger partial charge in [0, 0.05) is 23.2 Å². The van der Waals surface area contributed by atoms with Crippen LogP contribution in [0.3, 0.4) is 0 Å². The molecule has 1 saturated heterocycles. The molecule has 92 valence electrons. The van der Waals surface area contributed by atoms with Crippen LogP contribution in [0.25, 0.3) is 0 Å². The fourth-order valence-electron chi connectivity index (χ4n) is 1.87. The largest absolute Gasteiger partial charge is 0.465 e. The van der Waals surface area contributed by atoms with Gasteiger partial charge in [-0.05, 0) is 37.1 Å². The monoisotopic (exact) mass is 255 g/mol. The zero-order valence-electron chi connectivity index (χ0n) is 9.30. The van der Waals surface area contributed by atoms with Gasteiger partial charge in [0.15, 0.2) is 0 Å². The molecule has 0 atom stereocenters. The molecule has 0 spiro atoms. The number of carboxylic acid groups (broad SMARTS) is 1. The van der Waals surface area contributed by atoms with E-state index >= 15 is 0 Å². The van der Waals surface area contributed by atoms with E-state index in [4.69, 9.17) is 5.11 Å². The third-order valence-corrected chi connectivity index (χ3v) is 4.18. The van der Waals surface area contributed by atoms with Crippen molar-refractivity contribution in [2.45, 2.75) is 23.0 Å². The van der Waals surface area contributed by atoms with E-state index in [9.17, 15) is 9.18 Å². The molecule has 1 N–H and O–H groups in total. The van der Waals surface area contributed by atoms with Crippen LogP contribution in [-0.4, -0.2) is 34.4 Å². The molecule has 0 aromatic heterocycles. The van der Waals surface area contributed by atoms with Gasteiger partial charge in [0.1, 0.15) is 5.82 Å². The van der Waals surface area contributed by atoms with Crippen LogP contribution < -0.4 is 0 Å². The first-order chi connectivity index (χ1) is 8.15. The van der Waals surface area contributed by atoms with Crippen molar-refractivity contribution in [1.82, 2.24) is 4.90 Å². The van der Waals surface area contributed by atoms with Crippen molar-refractivity contribution in [2.24, 2.45) is 0 Å². The number of hydrogen-bond donors (Lipinski definition) is 1. The van der Waals surface area contributed by atoms with Crippen LogP contribution in [0.15, 0.2) is 29.2 Å². The molecular weight excluding hydrogens is 241 g/mol. The number of hydrogen-bond acceptors (Lipinski definition) is 2. The zero-order valence-corrected chi connectivity index (χ0v) is 10.1. The Labute approximate surface area is 104 Å². The number of rotatable bonds is 2. The van der Waals surface area contributed by atoms with Crippen LogP contribution in [0, 0.1) is 5.82 Å². The molecule has 17 heavy (non-hydrogen) atoms. The Bertz CT molecular complexity index is 388. The number of nitrogens with zero attached hydrogens (tertiary/aromatic N) is 1. The molecule has 0 radical (unpaired) electrons. The lowest BCUT2D eigenvalue weighted by Gasteiger charge is -2.29. The molecule has 3 nitrogen and oxygen atoms in total. The van der Waals surface area contributed by atoms with E-state index in [0.717, 1.165) is 17.7 Å². The molecule has 5 heteroatoms. The Morgan fingerprint density at radius 2 is 1.88 bits per heavy atom. The molecule has 1 aromatic rings. The smallest absolute Gasteiger partial charge is 0.407 e. The first kappa shape index (κ1) is 12.2. The predicted molar refractivity (Wildman–Crippen MR) is 64.9 cm³/mol. The first-order valence-corrected chi connectivity index (χ1v) is 6.43. The van der Waals surface area contributed by atoms with Crippen molar-refractivity contribution < 1.29 is 14.3 Å². The summed E-state index contributed by atoms with van der Waals surface area (Å²) < 4.78 is 12.7. The van der Waals surface area contributed by atoms with Crippen LogP contribution >= 0.6 is 11.8 Å². The molecule has 1 aromatic carbocycles. The minimum Gasteiger partial charge on any atom is -0.465 e. The SMILES string of the molecule is O=C(O)N1CCC(Sc2ccc(F)cc2)CC1. The summed E-state index contributed by atoms with van der Waals surface area (Å²) >= 11 is 1.70. The Balaban J connectivity index is 1.85. The van der Waals surface area contributed by atoms with Crippen LogP contribution in [0.2, 0.25) is 0 Å². The average molecular weight is 255 g/mol. The van der Waals surface area contributed by atoms with E-state index in [1.165, 1.54) is 17.0 Å². The summed E-state index contributed by atoms with van der Waals surface area (Å²) in [5.41, 5.74) is 0. The lowest BCUT2D eigenvalue weighted by molar-refractivity contribution is 0.136. The first-order valence-electron chi connectivity index (χ1n) is 5.55. The molecule has 1 heterocycles. The van der Waals surface area contributed by atoms with E-state index in [1.807, 2.05) is 0 Å². The number of likely N-dealkylation sites (tertiary alicyclic amines) is 1. The molecule has 0 saturated carbocycles. The summed E-state index contributed by atoms with van der Waals surface area (Å²) in [4.78, 5) is 13.2. The second-order valence-electron chi connectivity index (χ2n) is 4.04. The van der Waals surface area contributed by atoms with E-state index in [-0.39, 0.29) is 5.82 Å². The highest BCUT2D eigenvalue weighted by atomic mass is 32.2. The summed E-state index contributed by atoms with van der Waals surface area (Å²) in [6.45, 7) is 1.18. The van der Waals surface area contributed by atoms with Crippen molar-refractivity contribution in [2.75, 3.05) is 13.1 Å². The van der Waals surface area contributed by atoms with Gasteiger partial charge in [-0.2, -0.15) is 0 Å². The Hall–Kier alpha value is -1.23. The van der Waals surface area contributed by atoms with Crippen LogP contribution in [0.4, 0.5) is 9.18 Å². The van der Waals surface area contributed by atoms with Crippen LogP contribution in [-0.2, 0) is 0 Å². The number of halogens is 1. The molecule has 1 aliphatic heterocycles. The summed E-state index contributed by atoms with van der Waals surface area (Å²) in [5, 5.41) is 9.25. The minimum absolute atomic E-state index is 0.227. The fourth-order valence-corrected chi connectivity index (χ4v) is 3.00. The maximum absolute atomic E-state index is 12.7. The van der Waals surface area contributed by atoms with Gasteiger partial charge >= 0.3 is 6.09 Å². The lowest BCUT2D eigenvalue weighted by Crippen LogP contribution is -2.38. The molecule has 0 bridgehead atoms. The molecule has 1 fully saturated rings. The Morgan fingerprint density at radius 3 is 2.41 bits per heavy atom. The molecule has 1 amide bonds. The van der Waals surface area contributed by atoms with E-state index in [1.54, 1.807) is 23.9 Å². The van der Waals surface area contributed by atoms with Gasteiger partial charge in [0.05, 0.1) is 0 Å². The highest BCUT2D eigenvalue weighted by Gasteiger charge is 2.22. The fraction of sp³-hybridized carbons (Fsp3) is 0.417. The zero-order chi connectivity index (χ0) is 12.3. The summed E-state index contributed by atoms with van der Waals surface area (Å²) in [6.07, 6.45) is 0.873. The highest BCUT2D eigenvalue weighted by molar-refractivity contribution is 8.00. The minimum atomic E-state index is -0.838. The van der Waals surface area contributed by atoms with Gasteiger partial charge in [0.2, 0.25) is 0 Å². The van der Waals surface area contributed by atoms with Crippen molar-refractivity contribution in [3.8, 4) is 0 Å². The molecular formula is C12H14FNO2S. The van der Waals surface area contributed by atoms with E-state index in [0.29, 0.717) is 18.3 Å². The van der Waals surface area contributed by atoms with Gasteiger partial charge in [-0.3, -0.25) is 0 Å². The number of benzene rings is 1. The molecule has 0 unspecified atom stereocenters. The van der Waals surface area contributed by atoms with E-state index < -0.39 is 6.09 Å². The Morgan fingerprint density at radius 1 is 1.29 bits per heavy atom. The summed E-state index contributed by atoms with van der Waals surface area (Å²) in [7, 11) is 0. The normalized spacial score (nSPS) is 17.1. The number of piperidine rings is 1. The number of amides is 1. The Kier molecular flexibility index (Phi) is 3.89. The standard InChI is InChI=1S/C12H14FNO2S/c13-9-1-3-10(4-2-9)17-11-5-7-14(8-6-11)12(15)16/h1-4,11H,5-8H2,(H,15,16). The third kappa shape index (κ3) is 3.36. The molecule has 2 rings (SSSR count). The number of carbonyl (C=O) groups is 1. The second kappa shape index (κ2) is 5.40. The quantitative estimate of drug-likeness (QED) is 0.883. The van der Waals surface area contributed by atoms with Crippen molar-refractivity contribution in [1.29, 1.82) is 0 Å². The van der Waals surface area contributed by atoms with Gasteiger partial charge < -0.3 is 10.0 Å². The van der Waals surface area contributed by atoms with Gasteiger partial charge in [0.25, 0.3) is 0 Å². The molecule has 0 aliphatic carbocycles. The second-order valence-corrected chi connectivity index (χ2v) is 5.41. The maximum atomic E-state index is 12.7. The third-order valence-electron chi connectivity index (χ3n) is 2.83. The van der Waals surface area contributed by atoms with Gasteiger partial charge in [-0.15, -0.1) is 11.8 Å². The van der Waals surface area contributed by atoms with Gasteiger partial charge in [-0.1, -0.05) is 0 Å². The maximum Gasteiger partial charge on any atom is 0.407 e. The average Bonchev–Trinajstić information content (AvgIpc) is 2.33. The highest BCUT2D eigenvalue weighted by Crippen LogP contribution is 2.30. The topological polar surface area (TPSA) is 40.5 Å². The van der Waals surface area contributed by atoms with Crippen molar-refractivity contribution in [3.63, 3.8) is 0 Å². The molecule has 1 aliphatic rings. The number of thioether (sulfide) groups is 1. The summed E-state index contributed by atoms with van der Waals surface area (Å²) in [6, 6.07) is 6.44. The summed E-state index contributed by atoms with van der Waals surface area (Å²) in [5.74, 6) is -0.227. The van der Waals surface area contributed by atoms with E-state index in [2.05, 4.69) is 0 Å². The van der Waals surface area contributed by atoms with Gasteiger partial charge in [-0.25, -0.2) is 9.18 Å². The van der Waals surface area contributed by atoms with Crippen LogP contribution in [0.1, 0.15) is 12.8 Å². The lowest BCUT2D eigenvalue weighted by atomic mass is 10.1. The predicted octanol–water partition coefficient (Wildman–Crippen LogP) is 3.06. The van der Waals surface area contributed by atoms with Crippen molar-refractivity contribution in [3.05, 3.63) is 30.1 Å².